The Kier molecular flexibility index (Phi) is 3.60. The molecule has 0 aromatic carbocycles. The number of hydrogen-bond donors (Lipinski definition) is 1. The van der Waals surface area contributed by atoms with Crippen molar-refractivity contribution in [3.8, 4) is 11.4 Å². The van der Waals surface area contributed by atoms with Gasteiger partial charge in [-0.25, -0.2) is 0 Å². The molecular formula is C14H17BrN4O. The first-order valence-electron chi connectivity index (χ1n) is 6.74. The van der Waals surface area contributed by atoms with Crippen molar-refractivity contribution in [3.05, 3.63) is 28.8 Å². The second kappa shape index (κ2) is 5.26. The van der Waals surface area contributed by atoms with Crippen molar-refractivity contribution in [2.24, 2.45) is 5.41 Å². The normalized spacial score (nSPS) is 21.9. The molecule has 2 aromatic rings. The van der Waals surface area contributed by atoms with Crippen molar-refractivity contribution in [2.45, 2.75) is 32.7 Å². The summed E-state index contributed by atoms with van der Waals surface area (Å²) in [6.45, 7) is 5.45. The number of nitrogens with one attached hydrogen (secondary N) is 1. The molecule has 5 nitrogen and oxygen atoms in total. The quantitative estimate of drug-likeness (QED) is 0.911. The highest BCUT2D eigenvalue weighted by Crippen LogP contribution is 2.39. The Morgan fingerprint density at radius 3 is 3.00 bits per heavy atom. The molecular weight excluding hydrogens is 320 g/mol. The highest BCUT2D eigenvalue weighted by Gasteiger charge is 2.37. The first-order valence-corrected chi connectivity index (χ1v) is 7.53. The van der Waals surface area contributed by atoms with Crippen LogP contribution in [0, 0.1) is 5.41 Å². The van der Waals surface area contributed by atoms with E-state index in [9.17, 15) is 0 Å². The van der Waals surface area contributed by atoms with Gasteiger partial charge in [0.05, 0.1) is 6.04 Å². The zero-order chi connectivity index (χ0) is 14.2. The van der Waals surface area contributed by atoms with Gasteiger partial charge in [0.15, 0.2) is 0 Å². The molecule has 1 unspecified atom stereocenters. The molecule has 1 N–H and O–H groups in total. The third kappa shape index (κ3) is 2.62. The van der Waals surface area contributed by atoms with E-state index in [-0.39, 0.29) is 11.5 Å². The Morgan fingerprint density at radius 1 is 1.40 bits per heavy atom. The van der Waals surface area contributed by atoms with Crippen LogP contribution in [0.1, 0.15) is 38.6 Å². The van der Waals surface area contributed by atoms with Gasteiger partial charge in [-0.15, -0.1) is 0 Å². The summed E-state index contributed by atoms with van der Waals surface area (Å²) in [5.74, 6) is 1.24. The standard InChI is InChI=1S/C14H17BrN4O/c1-14(2)4-3-5-17-11(14)13-18-12(19-20-13)9-6-10(15)8-16-7-9/h6-8,11,17H,3-5H2,1-2H3. The Hall–Kier alpha value is -1.27. The Morgan fingerprint density at radius 2 is 2.25 bits per heavy atom. The number of hydrogen-bond acceptors (Lipinski definition) is 5. The largest absolute Gasteiger partial charge is 0.337 e. The molecule has 0 bridgehead atoms. The maximum atomic E-state index is 5.47. The monoisotopic (exact) mass is 336 g/mol. The van der Waals surface area contributed by atoms with E-state index in [0.717, 1.165) is 23.0 Å². The lowest BCUT2D eigenvalue weighted by molar-refractivity contribution is 0.146. The molecule has 106 valence electrons. The van der Waals surface area contributed by atoms with Gasteiger partial charge in [0, 0.05) is 22.4 Å². The van der Waals surface area contributed by atoms with E-state index in [1.54, 1.807) is 12.4 Å². The number of aromatic nitrogens is 3. The second-order valence-electron chi connectivity index (χ2n) is 5.83. The van der Waals surface area contributed by atoms with Crippen LogP contribution < -0.4 is 5.32 Å². The van der Waals surface area contributed by atoms with E-state index < -0.39 is 0 Å². The van der Waals surface area contributed by atoms with Crippen LogP contribution in [-0.4, -0.2) is 21.7 Å². The predicted molar refractivity (Wildman–Crippen MR) is 79.0 cm³/mol. The van der Waals surface area contributed by atoms with E-state index >= 15 is 0 Å². The van der Waals surface area contributed by atoms with E-state index in [1.165, 1.54) is 6.42 Å². The van der Waals surface area contributed by atoms with Crippen LogP contribution in [-0.2, 0) is 0 Å². The summed E-state index contributed by atoms with van der Waals surface area (Å²) in [6, 6.07) is 2.04. The molecule has 1 saturated heterocycles. The fourth-order valence-electron chi connectivity index (χ4n) is 2.64. The molecule has 2 aromatic heterocycles. The summed E-state index contributed by atoms with van der Waals surface area (Å²) in [7, 11) is 0. The van der Waals surface area contributed by atoms with Gasteiger partial charge < -0.3 is 9.84 Å². The number of pyridine rings is 1. The van der Waals surface area contributed by atoms with Crippen molar-refractivity contribution in [1.29, 1.82) is 0 Å². The highest BCUT2D eigenvalue weighted by molar-refractivity contribution is 9.10. The van der Waals surface area contributed by atoms with Crippen LogP contribution in [0.25, 0.3) is 11.4 Å². The van der Waals surface area contributed by atoms with Gasteiger partial charge in [0.1, 0.15) is 0 Å². The molecule has 0 aliphatic carbocycles. The SMILES string of the molecule is CC1(C)CCCNC1c1nc(-c2cncc(Br)c2)no1. The molecule has 1 aliphatic heterocycles. The van der Waals surface area contributed by atoms with E-state index in [1.807, 2.05) is 6.07 Å². The van der Waals surface area contributed by atoms with Gasteiger partial charge in [-0.3, -0.25) is 4.98 Å². The summed E-state index contributed by atoms with van der Waals surface area (Å²) in [6.07, 6.45) is 5.80. The summed E-state index contributed by atoms with van der Waals surface area (Å²) in [4.78, 5) is 8.67. The van der Waals surface area contributed by atoms with Crippen LogP contribution >= 0.6 is 15.9 Å². The van der Waals surface area contributed by atoms with E-state index in [0.29, 0.717) is 11.7 Å². The summed E-state index contributed by atoms with van der Waals surface area (Å²) in [5, 5.41) is 7.56. The van der Waals surface area contributed by atoms with Crippen LogP contribution in [0.2, 0.25) is 0 Å². The van der Waals surface area contributed by atoms with Crippen LogP contribution in [0.5, 0.6) is 0 Å². The zero-order valence-electron chi connectivity index (χ0n) is 11.6. The number of nitrogens with zero attached hydrogens (tertiary/aromatic N) is 3. The minimum absolute atomic E-state index is 0.109. The minimum atomic E-state index is 0.109. The van der Waals surface area contributed by atoms with Gasteiger partial charge in [0.25, 0.3) is 0 Å². The summed E-state index contributed by atoms with van der Waals surface area (Å²) >= 11 is 3.40. The first kappa shape index (κ1) is 13.7. The molecule has 0 radical (unpaired) electrons. The Bertz CT molecular complexity index is 611. The molecule has 3 heterocycles. The van der Waals surface area contributed by atoms with Crippen LogP contribution in [0.4, 0.5) is 0 Å². The zero-order valence-corrected chi connectivity index (χ0v) is 13.1. The Balaban J connectivity index is 1.90. The van der Waals surface area contributed by atoms with Crippen molar-refractivity contribution in [1.82, 2.24) is 20.4 Å². The molecule has 1 aliphatic rings. The van der Waals surface area contributed by atoms with Gasteiger partial charge in [-0.05, 0) is 46.8 Å². The van der Waals surface area contributed by atoms with Crippen molar-refractivity contribution < 1.29 is 4.52 Å². The lowest BCUT2D eigenvalue weighted by atomic mass is 9.77. The molecule has 0 saturated carbocycles. The maximum absolute atomic E-state index is 5.47. The molecule has 20 heavy (non-hydrogen) atoms. The van der Waals surface area contributed by atoms with E-state index in [4.69, 9.17) is 4.52 Å². The lowest BCUT2D eigenvalue weighted by Gasteiger charge is -2.36. The average molecular weight is 337 g/mol. The summed E-state index contributed by atoms with van der Waals surface area (Å²) in [5.41, 5.74) is 0.973. The molecule has 1 fully saturated rings. The van der Waals surface area contributed by atoms with Gasteiger partial charge >= 0.3 is 0 Å². The highest BCUT2D eigenvalue weighted by atomic mass is 79.9. The van der Waals surface area contributed by atoms with Gasteiger partial charge in [-0.1, -0.05) is 19.0 Å². The Labute approximate surface area is 126 Å². The fourth-order valence-corrected chi connectivity index (χ4v) is 3.00. The number of halogens is 1. The second-order valence-corrected chi connectivity index (χ2v) is 6.74. The average Bonchev–Trinajstić information content (AvgIpc) is 2.87. The molecule has 3 rings (SSSR count). The summed E-state index contributed by atoms with van der Waals surface area (Å²) < 4.78 is 6.37. The first-order chi connectivity index (χ1) is 9.56. The third-order valence-electron chi connectivity index (χ3n) is 3.78. The molecule has 6 heteroatoms. The third-order valence-corrected chi connectivity index (χ3v) is 4.21. The fraction of sp³-hybridized carbons (Fsp3) is 0.500. The van der Waals surface area contributed by atoms with Crippen molar-refractivity contribution in [2.75, 3.05) is 6.54 Å². The van der Waals surface area contributed by atoms with Gasteiger partial charge in [0.2, 0.25) is 11.7 Å². The lowest BCUT2D eigenvalue weighted by Crippen LogP contribution is -2.39. The molecule has 0 spiro atoms. The predicted octanol–water partition coefficient (Wildman–Crippen LogP) is 3.34. The van der Waals surface area contributed by atoms with E-state index in [2.05, 4.69) is 50.2 Å². The van der Waals surface area contributed by atoms with Gasteiger partial charge in [-0.2, -0.15) is 4.98 Å². The number of rotatable bonds is 2. The van der Waals surface area contributed by atoms with Crippen molar-refractivity contribution >= 4 is 15.9 Å². The molecule has 1 atom stereocenters. The van der Waals surface area contributed by atoms with Crippen LogP contribution in [0.3, 0.4) is 0 Å². The van der Waals surface area contributed by atoms with Crippen LogP contribution in [0.15, 0.2) is 27.5 Å². The van der Waals surface area contributed by atoms with Crippen molar-refractivity contribution in [3.63, 3.8) is 0 Å². The minimum Gasteiger partial charge on any atom is -0.337 e. The molecule has 0 amide bonds. The topological polar surface area (TPSA) is 63.8 Å². The number of piperidine rings is 1. The smallest absolute Gasteiger partial charge is 0.244 e. The maximum Gasteiger partial charge on any atom is 0.244 e.